The third-order valence-electron chi connectivity index (χ3n) is 4.62. The van der Waals surface area contributed by atoms with Crippen molar-refractivity contribution in [2.45, 2.75) is 11.8 Å². The number of ketones is 1. The van der Waals surface area contributed by atoms with Crippen LogP contribution in [0.2, 0.25) is 10.0 Å². The fourth-order valence-corrected chi connectivity index (χ4v) is 5.00. The molecule has 0 amide bonds. The average Bonchev–Trinajstić information content (AvgIpc) is 2.78. The number of hydrogen-bond acceptors (Lipinski definition) is 5. The van der Waals surface area contributed by atoms with Gasteiger partial charge in [0.15, 0.2) is 5.78 Å². The Labute approximate surface area is 202 Å². The van der Waals surface area contributed by atoms with E-state index in [1.54, 1.807) is 24.3 Å². The van der Waals surface area contributed by atoms with E-state index in [4.69, 9.17) is 27.9 Å². The Balaban J connectivity index is 1.94. The van der Waals surface area contributed by atoms with Gasteiger partial charge in [0.2, 0.25) is 0 Å². The van der Waals surface area contributed by atoms with Crippen LogP contribution >= 0.6 is 23.2 Å². The maximum absolute atomic E-state index is 13.4. The zero-order chi connectivity index (χ0) is 24.2. The van der Waals surface area contributed by atoms with Gasteiger partial charge in [-0.05, 0) is 73.7 Å². The third-order valence-corrected chi connectivity index (χ3v) is 7.14. The molecular weight excluding hydrogens is 485 g/mol. The van der Waals surface area contributed by atoms with Crippen LogP contribution in [0.15, 0.2) is 84.3 Å². The molecule has 0 fully saturated rings. The Kier molecular flexibility index (Phi) is 7.58. The number of carbonyl (C=O) groups excluding carboxylic acids is 2. The smallest absolute Gasteiger partial charge is 0.343 e. The van der Waals surface area contributed by atoms with Crippen molar-refractivity contribution < 1.29 is 22.7 Å². The minimum atomic E-state index is -4.16. The molecule has 0 spiro atoms. The minimum absolute atomic E-state index is 0.0109. The second kappa shape index (κ2) is 10.2. The van der Waals surface area contributed by atoms with Crippen LogP contribution in [0.4, 0.5) is 5.69 Å². The number of benzene rings is 3. The molecule has 0 saturated heterocycles. The predicted octanol–water partition coefficient (Wildman–Crippen LogP) is 5.80. The molecule has 0 aliphatic heterocycles. The van der Waals surface area contributed by atoms with Crippen molar-refractivity contribution in [2.75, 3.05) is 10.8 Å². The summed E-state index contributed by atoms with van der Waals surface area (Å²) >= 11 is 12.1. The lowest BCUT2D eigenvalue weighted by Gasteiger charge is -2.24. The lowest BCUT2D eigenvalue weighted by Crippen LogP contribution is -2.31. The van der Waals surface area contributed by atoms with E-state index >= 15 is 0 Å². The minimum Gasteiger partial charge on any atom is -0.423 e. The van der Waals surface area contributed by atoms with Gasteiger partial charge in [0.25, 0.3) is 10.0 Å². The predicted molar refractivity (Wildman–Crippen MR) is 129 cm³/mol. The summed E-state index contributed by atoms with van der Waals surface area (Å²) < 4.78 is 33.3. The van der Waals surface area contributed by atoms with E-state index in [9.17, 15) is 18.0 Å². The van der Waals surface area contributed by atoms with Crippen LogP contribution in [0.5, 0.6) is 5.75 Å². The molecule has 0 N–H and O–H groups in total. The number of Topliss-reactive ketones (excluding diaryl/α,β-unsaturated/α-hetero) is 1. The highest BCUT2D eigenvalue weighted by Crippen LogP contribution is 2.30. The molecule has 0 saturated carbocycles. The van der Waals surface area contributed by atoms with Crippen molar-refractivity contribution in [3.05, 3.63) is 101 Å². The molecule has 170 valence electrons. The summed E-state index contributed by atoms with van der Waals surface area (Å²) in [4.78, 5) is 23.8. The highest BCUT2D eigenvalue weighted by Gasteiger charge is 2.28. The van der Waals surface area contributed by atoms with Gasteiger partial charge in [-0.2, -0.15) is 0 Å². The number of carbonyl (C=O) groups is 2. The Hall–Kier alpha value is -3.13. The van der Waals surface area contributed by atoms with Crippen LogP contribution in [-0.2, 0) is 10.0 Å². The van der Waals surface area contributed by atoms with E-state index in [1.807, 2.05) is 0 Å². The zero-order valence-electron chi connectivity index (χ0n) is 17.5. The summed E-state index contributed by atoms with van der Waals surface area (Å²) in [5.74, 6) is -0.690. The van der Waals surface area contributed by atoms with Crippen LogP contribution in [0.1, 0.15) is 27.6 Å². The first-order valence-corrected chi connectivity index (χ1v) is 11.8. The first-order valence-electron chi connectivity index (χ1n) is 9.65. The van der Waals surface area contributed by atoms with E-state index in [0.717, 1.165) is 10.4 Å². The van der Waals surface area contributed by atoms with Gasteiger partial charge < -0.3 is 4.74 Å². The highest BCUT2D eigenvalue weighted by atomic mass is 35.5. The molecule has 0 atom stereocenters. The number of esters is 1. The number of halogens is 2. The lowest BCUT2D eigenvalue weighted by molar-refractivity contribution is 0.0734. The van der Waals surface area contributed by atoms with E-state index in [-0.39, 0.29) is 33.6 Å². The van der Waals surface area contributed by atoms with Gasteiger partial charge in [0, 0.05) is 10.6 Å². The molecule has 33 heavy (non-hydrogen) atoms. The van der Waals surface area contributed by atoms with Crippen LogP contribution in [0, 0.1) is 0 Å². The fraction of sp³-hybridized carbons (Fsp3) is 0.0833. The van der Waals surface area contributed by atoms with Gasteiger partial charge in [0.1, 0.15) is 10.6 Å². The molecule has 0 aliphatic rings. The maximum atomic E-state index is 13.4. The van der Waals surface area contributed by atoms with E-state index in [2.05, 4.69) is 6.58 Å². The van der Waals surface area contributed by atoms with Crippen molar-refractivity contribution in [1.29, 1.82) is 0 Å². The van der Waals surface area contributed by atoms with Crippen molar-refractivity contribution in [1.82, 2.24) is 0 Å². The average molecular weight is 504 g/mol. The lowest BCUT2D eigenvalue weighted by atomic mass is 10.1. The quantitative estimate of drug-likeness (QED) is 0.168. The van der Waals surface area contributed by atoms with Crippen molar-refractivity contribution >= 4 is 50.7 Å². The van der Waals surface area contributed by atoms with Gasteiger partial charge >= 0.3 is 5.97 Å². The molecule has 0 aliphatic carbocycles. The van der Waals surface area contributed by atoms with Crippen molar-refractivity contribution in [3.63, 3.8) is 0 Å². The molecule has 3 aromatic carbocycles. The molecular formula is C24H19Cl2NO5S. The van der Waals surface area contributed by atoms with Crippen molar-refractivity contribution in [3.8, 4) is 5.75 Å². The Bertz CT molecular complexity index is 1300. The first-order chi connectivity index (χ1) is 15.6. The van der Waals surface area contributed by atoms with Crippen LogP contribution in [-0.4, -0.2) is 26.7 Å². The summed E-state index contributed by atoms with van der Waals surface area (Å²) in [6.07, 6.45) is 1.43. The molecule has 3 rings (SSSR count). The summed E-state index contributed by atoms with van der Waals surface area (Å²) in [6, 6.07) is 16.1. The number of ether oxygens (including phenoxy) is 1. The summed E-state index contributed by atoms with van der Waals surface area (Å²) in [6.45, 7) is 5.02. The molecule has 0 unspecified atom stereocenters. The Morgan fingerprint density at radius 1 is 0.970 bits per heavy atom. The number of rotatable bonds is 8. The van der Waals surface area contributed by atoms with Gasteiger partial charge in [-0.1, -0.05) is 29.3 Å². The highest BCUT2D eigenvalue weighted by molar-refractivity contribution is 7.93. The van der Waals surface area contributed by atoms with Gasteiger partial charge in [0.05, 0.1) is 22.8 Å². The second-order valence-electron chi connectivity index (χ2n) is 6.92. The van der Waals surface area contributed by atoms with E-state index in [0.29, 0.717) is 16.3 Å². The first kappa shape index (κ1) is 24.5. The summed E-state index contributed by atoms with van der Waals surface area (Å²) in [5, 5.41) is 0.397. The standard InChI is InChI=1S/C24H19Cl2NO5S/c1-3-14-27(20-9-7-19(25)8-10-20)33(30,31)23-15-18(6-13-22(23)26)24(29)32-21-11-4-17(5-12-21)16(2)28/h3-13,15H,1,14H2,2H3. The normalized spacial score (nSPS) is 11.0. The number of nitrogens with zero attached hydrogens (tertiary/aromatic N) is 1. The third kappa shape index (κ3) is 5.63. The van der Waals surface area contributed by atoms with Crippen molar-refractivity contribution in [2.24, 2.45) is 0 Å². The van der Waals surface area contributed by atoms with E-state index < -0.39 is 16.0 Å². The van der Waals surface area contributed by atoms with Gasteiger partial charge in [-0.3, -0.25) is 9.10 Å². The molecule has 9 heteroatoms. The monoisotopic (exact) mass is 503 g/mol. The largest absolute Gasteiger partial charge is 0.423 e. The molecule has 3 aromatic rings. The zero-order valence-corrected chi connectivity index (χ0v) is 19.8. The molecule has 0 heterocycles. The van der Waals surface area contributed by atoms with Gasteiger partial charge in [-0.15, -0.1) is 6.58 Å². The topological polar surface area (TPSA) is 80.8 Å². The van der Waals surface area contributed by atoms with Crippen LogP contribution in [0.3, 0.4) is 0 Å². The Morgan fingerprint density at radius 2 is 1.58 bits per heavy atom. The summed E-state index contributed by atoms with van der Waals surface area (Å²) in [5.41, 5.74) is 0.816. The molecule has 0 bridgehead atoms. The second-order valence-corrected chi connectivity index (χ2v) is 9.59. The van der Waals surface area contributed by atoms with Gasteiger partial charge in [-0.25, -0.2) is 13.2 Å². The number of anilines is 1. The molecule has 0 radical (unpaired) electrons. The fourth-order valence-electron chi connectivity index (χ4n) is 2.94. The Morgan fingerprint density at radius 3 is 2.15 bits per heavy atom. The summed E-state index contributed by atoms with van der Waals surface area (Å²) in [7, 11) is -4.16. The number of sulfonamides is 1. The van der Waals surface area contributed by atoms with E-state index in [1.165, 1.54) is 49.4 Å². The molecule has 6 nitrogen and oxygen atoms in total. The SMILES string of the molecule is C=CCN(c1ccc(Cl)cc1)S(=O)(=O)c1cc(C(=O)Oc2ccc(C(C)=O)cc2)ccc1Cl. The molecule has 0 aromatic heterocycles. The maximum Gasteiger partial charge on any atom is 0.343 e. The van der Waals surface area contributed by atoms with Crippen LogP contribution in [0.25, 0.3) is 0 Å². The van der Waals surface area contributed by atoms with Crippen LogP contribution < -0.4 is 9.04 Å². The number of hydrogen-bond donors (Lipinski definition) is 0.